The molecular formula is C16H13FN4O2. The highest BCUT2D eigenvalue weighted by molar-refractivity contribution is 5.96. The molecule has 0 unspecified atom stereocenters. The summed E-state index contributed by atoms with van der Waals surface area (Å²) in [7, 11) is 0. The number of nitrogens with zero attached hydrogens (tertiary/aromatic N) is 1. The number of urea groups is 1. The highest BCUT2D eigenvalue weighted by Crippen LogP contribution is 2.09. The van der Waals surface area contributed by atoms with Gasteiger partial charge in [0, 0.05) is 11.4 Å². The minimum absolute atomic E-state index is 0.249. The molecule has 0 aliphatic heterocycles. The van der Waals surface area contributed by atoms with E-state index in [1.165, 1.54) is 30.3 Å². The number of carbonyl (C=O) groups excluding carboxylic acids is 2. The van der Waals surface area contributed by atoms with E-state index < -0.39 is 17.8 Å². The molecule has 0 fully saturated rings. The summed E-state index contributed by atoms with van der Waals surface area (Å²) in [6.07, 6.45) is 0. The van der Waals surface area contributed by atoms with E-state index in [-0.39, 0.29) is 6.54 Å². The fourth-order valence-electron chi connectivity index (χ4n) is 1.74. The zero-order valence-corrected chi connectivity index (χ0v) is 12.0. The number of hydrogen-bond donors (Lipinski definition) is 3. The molecule has 0 radical (unpaired) electrons. The lowest BCUT2D eigenvalue weighted by atomic mass is 10.2. The van der Waals surface area contributed by atoms with Crippen LogP contribution in [0.25, 0.3) is 0 Å². The second-order valence-electron chi connectivity index (χ2n) is 4.56. The van der Waals surface area contributed by atoms with E-state index in [1.54, 1.807) is 18.2 Å². The third kappa shape index (κ3) is 5.13. The number of hydrogen-bond acceptors (Lipinski definition) is 3. The van der Waals surface area contributed by atoms with Crippen LogP contribution in [0.3, 0.4) is 0 Å². The molecule has 6 nitrogen and oxygen atoms in total. The van der Waals surface area contributed by atoms with Crippen LogP contribution in [0.15, 0.2) is 48.5 Å². The van der Waals surface area contributed by atoms with Gasteiger partial charge in [0.15, 0.2) is 0 Å². The molecular weight excluding hydrogens is 299 g/mol. The van der Waals surface area contributed by atoms with Crippen LogP contribution in [-0.2, 0) is 4.79 Å². The van der Waals surface area contributed by atoms with E-state index in [0.717, 1.165) is 0 Å². The van der Waals surface area contributed by atoms with Crippen LogP contribution >= 0.6 is 0 Å². The second kappa shape index (κ2) is 7.56. The summed E-state index contributed by atoms with van der Waals surface area (Å²) in [6.45, 7) is -0.249. The lowest BCUT2D eigenvalue weighted by Gasteiger charge is -2.08. The molecule has 0 bridgehead atoms. The second-order valence-corrected chi connectivity index (χ2v) is 4.56. The predicted molar refractivity (Wildman–Crippen MR) is 83.2 cm³/mol. The van der Waals surface area contributed by atoms with E-state index in [4.69, 9.17) is 5.26 Å². The van der Waals surface area contributed by atoms with Crippen molar-refractivity contribution in [3.63, 3.8) is 0 Å². The Hall–Kier alpha value is -3.40. The summed E-state index contributed by atoms with van der Waals surface area (Å²) in [5, 5.41) is 16.2. The highest BCUT2D eigenvalue weighted by atomic mass is 19.1. The van der Waals surface area contributed by atoms with Crippen LogP contribution in [0.1, 0.15) is 5.56 Å². The highest BCUT2D eigenvalue weighted by Gasteiger charge is 2.06. The summed E-state index contributed by atoms with van der Waals surface area (Å²) < 4.78 is 12.7. The molecule has 3 amide bonds. The molecule has 0 atom stereocenters. The first kappa shape index (κ1) is 16.0. The van der Waals surface area contributed by atoms with Gasteiger partial charge in [0.05, 0.1) is 18.2 Å². The number of rotatable bonds is 4. The maximum Gasteiger partial charge on any atom is 0.319 e. The van der Waals surface area contributed by atoms with Crippen molar-refractivity contribution in [2.24, 2.45) is 0 Å². The Balaban J connectivity index is 1.80. The standard InChI is InChI=1S/C16H13FN4O2/c17-12-4-6-13(7-5-12)20-15(22)10-19-16(23)21-14-3-1-2-11(8-14)9-18/h1-8H,10H2,(H,20,22)(H2,19,21,23). The molecule has 2 aromatic rings. The first-order chi connectivity index (χ1) is 11.1. The molecule has 116 valence electrons. The molecule has 7 heteroatoms. The summed E-state index contributed by atoms with van der Waals surface area (Å²) in [4.78, 5) is 23.3. The maximum atomic E-state index is 12.7. The van der Waals surface area contributed by atoms with Crippen LogP contribution in [0.2, 0.25) is 0 Å². The average Bonchev–Trinajstić information content (AvgIpc) is 2.55. The summed E-state index contributed by atoms with van der Waals surface area (Å²) in [5.74, 6) is -0.849. The number of amides is 3. The van der Waals surface area contributed by atoms with Crippen LogP contribution in [0.4, 0.5) is 20.6 Å². The van der Waals surface area contributed by atoms with E-state index in [9.17, 15) is 14.0 Å². The number of anilines is 2. The fourth-order valence-corrected chi connectivity index (χ4v) is 1.74. The first-order valence-corrected chi connectivity index (χ1v) is 6.67. The smallest absolute Gasteiger partial charge is 0.319 e. The number of nitrogens with one attached hydrogen (secondary N) is 3. The monoisotopic (exact) mass is 312 g/mol. The maximum absolute atomic E-state index is 12.7. The average molecular weight is 312 g/mol. The third-order valence-electron chi connectivity index (χ3n) is 2.79. The van der Waals surface area contributed by atoms with Gasteiger partial charge in [0.25, 0.3) is 0 Å². The molecule has 0 aliphatic rings. The van der Waals surface area contributed by atoms with Gasteiger partial charge in [-0.25, -0.2) is 9.18 Å². The number of halogens is 1. The molecule has 0 spiro atoms. The fraction of sp³-hybridized carbons (Fsp3) is 0.0625. The van der Waals surface area contributed by atoms with Crippen molar-refractivity contribution in [3.05, 3.63) is 59.9 Å². The van der Waals surface area contributed by atoms with Gasteiger partial charge in [0.1, 0.15) is 5.82 Å². The minimum Gasteiger partial charge on any atom is -0.329 e. The van der Waals surface area contributed by atoms with Gasteiger partial charge in [-0.3, -0.25) is 4.79 Å². The molecule has 0 aliphatic carbocycles. The van der Waals surface area contributed by atoms with Gasteiger partial charge < -0.3 is 16.0 Å². The van der Waals surface area contributed by atoms with Crippen molar-refractivity contribution in [2.75, 3.05) is 17.2 Å². The predicted octanol–water partition coefficient (Wildman–Crippen LogP) is 2.46. The van der Waals surface area contributed by atoms with Crippen LogP contribution < -0.4 is 16.0 Å². The van der Waals surface area contributed by atoms with Crippen LogP contribution in [0.5, 0.6) is 0 Å². The van der Waals surface area contributed by atoms with E-state index in [2.05, 4.69) is 16.0 Å². The van der Waals surface area contributed by atoms with Crippen molar-refractivity contribution >= 4 is 23.3 Å². The largest absolute Gasteiger partial charge is 0.329 e. The summed E-state index contributed by atoms with van der Waals surface area (Å²) in [6, 6.07) is 13.0. The van der Waals surface area contributed by atoms with Crippen molar-refractivity contribution in [2.45, 2.75) is 0 Å². The molecule has 2 aromatic carbocycles. The molecule has 0 heterocycles. The van der Waals surface area contributed by atoms with Crippen molar-refractivity contribution in [1.82, 2.24) is 5.32 Å². The Morgan fingerprint density at radius 3 is 2.48 bits per heavy atom. The van der Waals surface area contributed by atoms with Crippen LogP contribution in [-0.4, -0.2) is 18.5 Å². The van der Waals surface area contributed by atoms with Gasteiger partial charge in [-0.1, -0.05) is 6.07 Å². The lowest BCUT2D eigenvalue weighted by molar-refractivity contribution is -0.115. The van der Waals surface area contributed by atoms with E-state index >= 15 is 0 Å². The van der Waals surface area contributed by atoms with Gasteiger partial charge in [-0.15, -0.1) is 0 Å². The SMILES string of the molecule is N#Cc1cccc(NC(=O)NCC(=O)Nc2ccc(F)cc2)c1. The zero-order valence-electron chi connectivity index (χ0n) is 12.0. The van der Waals surface area contributed by atoms with Crippen molar-refractivity contribution in [1.29, 1.82) is 5.26 Å². The number of carbonyl (C=O) groups is 2. The minimum atomic E-state index is -0.575. The van der Waals surface area contributed by atoms with E-state index in [1.807, 2.05) is 6.07 Å². The Kier molecular flexibility index (Phi) is 5.25. The molecule has 0 aromatic heterocycles. The summed E-state index contributed by atoms with van der Waals surface area (Å²) in [5.41, 5.74) is 1.29. The Bertz CT molecular complexity index is 753. The Morgan fingerprint density at radius 2 is 1.78 bits per heavy atom. The topological polar surface area (TPSA) is 94.0 Å². The molecule has 0 saturated carbocycles. The van der Waals surface area contributed by atoms with Crippen molar-refractivity contribution < 1.29 is 14.0 Å². The molecule has 3 N–H and O–H groups in total. The summed E-state index contributed by atoms with van der Waals surface area (Å²) >= 11 is 0. The van der Waals surface area contributed by atoms with Gasteiger partial charge in [-0.2, -0.15) is 5.26 Å². The normalized spacial score (nSPS) is 9.57. The van der Waals surface area contributed by atoms with E-state index in [0.29, 0.717) is 16.9 Å². The lowest BCUT2D eigenvalue weighted by Crippen LogP contribution is -2.35. The molecule has 0 saturated heterocycles. The first-order valence-electron chi connectivity index (χ1n) is 6.67. The van der Waals surface area contributed by atoms with Crippen molar-refractivity contribution in [3.8, 4) is 6.07 Å². The molecule has 23 heavy (non-hydrogen) atoms. The number of benzene rings is 2. The zero-order chi connectivity index (χ0) is 16.7. The quantitative estimate of drug-likeness (QED) is 0.809. The Labute approximate surface area is 131 Å². The Morgan fingerprint density at radius 1 is 1.04 bits per heavy atom. The van der Waals surface area contributed by atoms with Crippen LogP contribution in [0, 0.1) is 17.1 Å². The number of nitriles is 1. The van der Waals surface area contributed by atoms with Gasteiger partial charge in [0.2, 0.25) is 5.91 Å². The third-order valence-corrected chi connectivity index (χ3v) is 2.79. The van der Waals surface area contributed by atoms with Gasteiger partial charge in [-0.05, 0) is 42.5 Å². The van der Waals surface area contributed by atoms with Gasteiger partial charge >= 0.3 is 6.03 Å². The molecule has 2 rings (SSSR count).